The van der Waals surface area contributed by atoms with E-state index in [9.17, 15) is 0 Å². The molecular weight excluding hydrogens is 240 g/mol. The van der Waals surface area contributed by atoms with Crippen molar-refractivity contribution in [3.8, 4) is 0 Å². The molecule has 1 heterocycles. The zero-order chi connectivity index (χ0) is 13.8. The Balaban J connectivity index is 2.38. The van der Waals surface area contributed by atoms with Gasteiger partial charge in [-0.1, -0.05) is 64.2 Å². The van der Waals surface area contributed by atoms with Gasteiger partial charge in [-0.15, -0.1) is 0 Å². The van der Waals surface area contributed by atoms with E-state index in [1.807, 2.05) is 0 Å². The molecular formula is C15H32O2Si. The Morgan fingerprint density at radius 2 is 1.56 bits per heavy atom. The van der Waals surface area contributed by atoms with E-state index in [1.165, 1.54) is 12.5 Å². The zero-order valence-electron chi connectivity index (χ0n) is 13.2. The molecule has 0 radical (unpaired) electrons. The maximum atomic E-state index is 5.69. The summed E-state index contributed by atoms with van der Waals surface area (Å²) in [7, 11) is -1.20. The summed E-state index contributed by atoms with van der Waals surface area (Å²) in [6.45, 7) is 17.2. The van der Waals surface area contributed by atoms with Crippen molar-refractivity contribution in [3.05, 3.63) is 0 Å². The molecule has 0 bridgehead atoms. The first-order chi connectivity index (χ1) is 8.41. The lowest BCUT2D eigenvalue weighted by molar-refractivity contribution is 0.117. The van der Waals surface area contributed by atoms with Crippen molar-refractivity contribution in [1.82, 2.24) is 0 Å². The molecule has 0 aromatic heterocycles. The van der Waals surface area contributed by atoms with Crippen LogP contribution in [0, 0.1) is 0 Å². The van der Waals surface area contributed by atoms with Gasteiger partial charge >= 0.3 is 0 Å². The molecule has 3 heteroatoms. The molecule has 1 aliphatic heterocycles. The lowest BCUT2D eigenvalue weighted by Gasteiger charge is -2.43. The number of epoxide rings is 1. The Kier molecular flexibility index (Phi) is 6.35. The first kappa shape index (κ1) is 16.2. The summed E-state index contributed by atoms with van der Waals surface area (Å²) in [5.41, 5.74) is 2.60. The molecule has 0 spiro atoms. The smallest absolute Gasteiger partial charge is 0.104 e. The molecule has 0 aliphatic carbocycles. The van der Waals surface area contributed by atoms with E-state index in [2.05, 4.69) is 41.5 Å². The van der Waals surface area contributed by atoms with Gasteiger partial charge in [-0.25, -0.2) is 0 Å². The molecule has 0 saturated carbocycles. The minimum absolute atomic E-state index is 0.410. The first-order valence-electron chi connectivity index (χ1n) is 7.60. The van der Waals surface area contributed by atoms with Gasteiger partial charge in [0.25, 0.3) is 0 Å². The van der Waals surface area contributed by atoms with Crippen LogP contribution >= 0.6 is 0 Å². The summed E-state index contributed by atoms with van der Waals surface area (Å²) in [5, 5.41) is 0. The molecule has 108 valence electrons. The van der Waals surface area contributed by atoms with Crippen LogP contribution in [0.5, 0.6) is 0 Å². The molecule has 1 fully saturated rings. The molecule has 2 nitrogen and oxygen atoms in total. The normalized spacial score (nSPS) is 20.2. The van der Waals surface area contributed by atoms with Gasteiger partial charge in [-0.2, -0.15) is 0 Å². The monoisotopic (exact) mass is 272 g/mol. The van der Waals surface area contributed by atoms with Crippen molar-refractivity contribution in [1.29, 1.82) is 0 Å². The van der Waals surface area contributed by atoms with Gasteiger partial charge in [0, 0.05) is 6.61 Å². The second-order valence-electron chi connectivity index (χ2n) is 6.71. The molecule has 0 aromatic carbocycles. The highest BCUT2D eigenvalue weighted by Crippen LogP contribution is 2.45. The van der Waals surface area contributed by atoms with Crippen molar-refractivity contribution in [3.63, 3.8) is 0 Å². The maximum absolute atomic E-state index is 5.69. The Morgan fingerprint density at radius 1 is 1.06 bits per heavy atom. The lowest BCUT2D eigenvalue weighted by Crippen LogP contribution is -2.44. The predicted molar refractivity (Wildman–Crippen MR) is 81.0 cm³/mol. The van der Waals surface area contributed by atoms with E-state index in [0.717, 1.165) is 36.4 Å². The van der Waals surface area contributed by atoms with E-state index in [-0.39, 0.29) is 0 Å². The third-order valence-corrected chi connectivity index (χ3v) is 12.5. The van der Waals surface area contributed by atoms with Crippen LogP contribution in [-0.2, 0) is 9.47 Å². The number of rotatable bonds is 9. The molecule has 1 unspecified atom stereocenters. The fourth-order valence-electron chi connectivity index (χ4n) is 3.73. The summed E-state index contributed by atoms with van der Waals surface area (Å²) in [6.07, 6.45) is 1.64. The van der Waals surface area contributed by atoms with Crippen molar-refractivity contribution in [2.45, 2.75) is 76.7 Å². The van der Waals surface area contributed by atoms with Crippen LogP contribution in [0.25, 0.3) is 0 Å². The SMILES string of the molecule is CC(C)[Si](CCCOCC1CO1)(C(C)C)C(C)C. The highest BCUT2D eigenvalue weighted by Gasteiger charge is 2.41. The van der Waals surface area contributed by atoms with Crippen LogP contribution < -0.4 is 0 Å². The third-order valence-electron chi connectivity index (χ3n) is 4.83. The summed E-state index contributed by atoms with van der Waals surface area (Å²) in [4.78, 5) is 0. The minimum Gasteiger partial charge on any atom is -0.379 e. The summed E-state index contributed by atoms with van der Waals surface area (Å²) >= 11 is 0. The Morgan fingerprint density at radius 3 is 1.94 bits per heavy atom. The standard InChI is InChI=1S/C15H32O2Si/c1-12(2)18(13(3)4,14(5)6)9-7-8-16-10-15-11-17-15/h12-15H,7-11H2,1-6H3. The van der Waals surface area contributed by atoms with Crippen LogP contribution in [0.4, 0.5) is 0 Å². The topological polar surface area (TPSA) is 21.8 Å². The fraction of sp³-hybridized carbons (Fsp3) is 1.00. The van der Waals surface area contributed by atoms with Crippen molar-refractivity contribution >= 4 is 8.07 Å². The van der Waals surface area contributed by atoms with Crippen molar-refractivity contribution in [2.24, 2.45) is 0 Å². The largest absolute Gasteiger partial charge is 0.379 e. The highest BCUT2D eigenvalue weighted by atomic mass is 28.3. The number of hydrogen-bond acceptors (Lipinski definition) is 2. The molecule has 0 N–H and O–H groups in total. The van der Waals surface area contributed by atoms with E-state index >= 15 is 0 Å². The molecule has 1 atom stereocenters. The van der Waals surface area contributed by atoms with Gasteiger partial charge in [0.2, 0.25) is 0 Å². The Labute approximate surface area is 114 Å². The van der Waals surface area contributed by atoms with Gasteiger partial charge in [-0.05, 0) is 6.42 Å². The Hall–Kier alpha value is 0.137. The third kappa shape index (κ3) is 4.07. The van der Waals surface area contributed by atoms with Gasteiger partial charge in [0.05, 0.1) is 21.3 Å². The van der Waals surface area contributed by atoms with Crippen LogP contribution in [0.3, 0.4) is 0 Å². The van der Waals surface area contributed by atoms with E-state index in [4.69, 9.17) is 9.47 Å². The Bertz CT molecular complexity index is 213. The van der Waals surface area contributed by atoms with E-state index < -0.39 is 8.07 Å². The van der Waals surface area contributed by atoms with Crippen molar-refractivity contribution in [2.75, 3.05) is 19.8 Å². The minimum atomic E-state index is -1.20. The molecule has 1 aliphatic rings. The summed E-state index contributed by atoms with van der Waals surface area (Å²) < 4.78 is 10.8. The van der Waals surface area contributed by atoms with Gasteiger partial charge in [0.1, 0.15) is 6.10 Å². The second-order valence-corrected chi connectivity index (χ2v) is 12.9. The zero-order valence-corrected chi connectivity index (χ0v) is 14.2. The molecule has 18 heavy (non-hydrogen) atoms. The summed E-state index contributed by atoms with van der Waals surface area (Å²) in [5.74, 6) is 0. The van der Waals surface area contributed by atoms with Crippen LogP contribution in [0.15, 0.2) is 0 Å². The molecule has 0 amide bonds. The fourth-order valence-corrected chi connectivity index (χ4v) is 10.2. The summed E-state index contributed by atoms with van der Waals surface area (Å²) in [6, 6.07) is 1.41. The quantitative estimate of drug-likeness (QED) is 0.351. The van der Waals surface area contributed by atoms with Crippen LogP contribution in [0.2, 0.25) is 22.7 Å². The van der Waals surface area contributed by atoms with Crippen LogP contribution in [-0.4, -0.2) is 34.0 Å². The predicted octanol–water partition coefficient (Wildman–Crippen LogP) is 4.47. The lowest BCUT2D eigenvalue weighted by atomic mass is 10.5. The van der Waals surface area contributed by atoms with Gasteiger partial charge in [-0.3, -0.25) is 0 Å². The van der Waals surface area contributed by atoms with E-state index in [1.54, 1.807) is 0 Å². The van der Waals surface area contributed by atoms with Crippen LogP contribution in [0.1, 0.15) is 48.0 Å². The second kappa shape index (κ2) is 7.06. The number of ether oxygens (including phenoxy) is 2. The van der Waals surface area contributed by atoms with Gasteiger partial charge < -0.3 is 9.47 Å². The number of hydrogen-bond donors (Lipinski definition) is 0. The van der Waals surface area contributed by atoms with Crippen molar-refractivity contribution < 1.29 is 9.47 Å². The maximum Gasteiger partial charge on any atom is 0.104 e. The van der Waals surface area contributed by atoms with Gasteiger partial charge in [0.15, 0.2) is 0 Å². The first-order valence-corrected chi connectivity index (χ1v) is 10.0. The molecule has 1 saturated heterocycles. The molecule has 1 rings (SSSR count). The highest BCUT2D eigenvalue weighted by molar-refractivity contribution is 6.83. The average Bonchev–Trinajstić information content (AvgIpc) is 3.05. The molecule has 0 aromatic rings. The van der Waals surface area contributed by atoms with E-state index in [0.29, 0.717) is 6.10 Å². The average molecular weight is 273 g/mol.